The number of aromatic nitrogens is 3. The summed E-state index contributed by atoms with van der Waals surface area (Å²) in [5.74, 6) is 0.119. The van der Waals surface area contributed by atoms with Gasteiger partial charge in [-0.1, -0.05) is 19.1 Å². The Bertz CT molecular complexity index is 941. The highest BCUT2D eigenvalue weighted by Crippen LogP contribution is 2.29. The number of ether oxygens (including phenoxy) is 2. The average molecular weight is 459 g/mol. The average Bonchev–Trinajstić information content (AvgIpc) is 3.16. The van der Waals surface area contributed by atoms with Gasteiger partial charge >= 0.3 is 12.1 Å². The molecule has 2 atom stereocenters. The zero-order chi connectivity index (χ0) is 24.0. The number of carboxylic acid groups (broad SMARTS) is 1. The fraction of sp³-hybridized carbons (Fsp3) is 0.583. The Balaban J connectivity index is 1.61. The fourth-order valence-corrected chi connectivity index (χ4v) is 3.91. The van der Waals surface area contributed by atoms with E-state index in [1.807, 2.05) is 24.3 Å². The third-order valence-corrected chi connectivity index (χ3v) is 6.03. The molecule has 0 saturated heterocycles. The molecular weight excluding hydrogens is 424 g/mol. The van der Waals surface area contributed by atoms with Gasteiger partial charge in [0.1, 0.15) is 23.7 Å². The molecule has 1 aliphatic rings. The van der Waals surface area contributed by atoms with Gasteiger partial charge in [-0.3, -0.25) is 4.79 Å². The molecule has 1 saturated carbocycles. The minimum atomic E-state index is -0.749. The zero-order valence-corrected chi connectivity index (χ0v) is 19.9. The minimum absolute atomic E-state index is 0.0700. The van der Waals surface area contributed by atoms with E-state index in [0.717, 1.165) is 24.8 Å². The van der Waals surface area contributed by atoms with Crippen LogP contribution in [0.2, 0.25) is 0 Å². The molecule has 0 aliphatic heterocycles. The summed E-state index contributed by atoms with van der Waals surface area (Å²) in [4.78, 5) is 25.2. The summed E-state index contributed by atoms with van der Waals surface area (Å²) in [5, 5.41) is 17.6. The summed E-state index contributed by atoms with van der Waals surface area (Å²) < 4.78 is 13.1. The first-order valence-electron chi connectivity index (χ1n) is 11.5. The summed E-state index contributed by atoms with van der Waals surface area (Å²) in [5.41, 5.74) is 2.18. The highest BCUT2D eigenvalue weighted by atomic mass is 16.6. The van der Waals surface area contributed by atoms with E-state index < -0.39 is 5.97 Å². The molecule has 1 aromatic heterocycles. The Morgan fingerprint density at radius 1 is 1.24 bits per heavy atom. The van der Waals surface area contributed by atoms with E-state index in [2.05, 4.69) is 24.2 Å². The number of aliphatic carboxylic acids is 1. The van der Waals surface area contributed by atoms with Gasteiger partial charge < -0.3 is 19.5 Å². The smallest absolute Gasteiger partial charge is 0.409 e. The maximum atomic E-state index is 12.3. The second-order valence-corrected chi connectivity index (χ2v) is 9.13. The lowest BCUT2D eigenvalue weighted by Crippen LogP contribution is -2.29. The molecule has 1 amide bonds. The number of nitrogens with zero attached hydrogens (tertiary/aromatic N) is 4. The van der Waals surface area contributed by atoms with Gasteiger partial charge in [0.25, 0.3) is 0 Å². The van der Waals surface area contributed by atoms with Crippen molar-refractivity contribution < 1.29 is 24.2 Å². The van der Waals surface area contributed by atoms with E-state index in [9.17, 15) is 14.7 Å². The molecule has 33 heavy (non-hydrogen) atoms. The molecule has 0 radical (unpaired) electrons. The van der Waals surface area contributed by atoms with Gasteiger partial charge in [0.15, 0.2) is 0 Å². The van der Waals surface area contributed by atoms with E-state index >= 15 is 0 Å². The van der Waals surface area contributed by atoms with E-state index in [0.29, 0.717) is 42.4 Å². The fourth-order valence-electron chi connectivity index (χ4n) is 3.91. The molecule has 2 aromatic rings. The van der Waals surface area contributed by atoms with Gasteiger partial charge in [-0.25, -0.2) is 9.48 Å². The van der Waals surface area contributed by atoms with Crippen LogP contribution >= 0.6 is 0 Å². The first kappa shape index (κ1) is 24.5. The molecule has 9 nitrogen and oxygen atoms in total. The molecule has 0 bridgehead atoms. The van der Waals surface area contributed by atoms with Crippen molar-refractivity contribution in [1.82, 2.24) is 19.9 Å². The second-order valence-electron chi connectivity index (χ2n) is 9.13. The zero-order valence-electron chi connectivity index (χ0n) is 19.9. The van der Waals surface area contributed by atoms with Gasteiger partial charge in [0.05, 0.1) is 12.0 Å². The van der Waals surface area contributed by atoms with Gasteiger partial charge in [-0.05, 0) is 62.3 Å². The molecule has 1 N–H and O–H groups in total. The van der Waals surface area contributed by atoms with Crippen molar-refractivity contribution in [2.75, 3.05) is 13.6 Å². The number of carbonyl (C=O) groups is 2. The number of hydrogen-bond acceptors (Lipinski definition) is 6. The van der Waals surface area contributed by atoms with E-state index in [1.54, 1.807) is 23.7 Å². The Morgan fingerprint density at radius 2 is 1.97 bits per heavy atom. The van der Waals surface area contributed by atoms with Gasteiger partial charge in [0, 0.05) is 26.2 Å². The van der Waals surface area contributed by atoms with Crippen molar-refractivity contribution in [1.29, 1.82) is 0 Å². The number of hydrogen-bond donors (Lipinski definition) is 1. The molecule has 1 aromatic carbocycles. The lowest BCUT2D eigenvalue weighted by atomic mass is 9.87. The number of aryl methyl sites for hydroxylation is 1. The highest BCUT2D eigenvalue weighted by Gasteiger charge is 2.28. The van der Waals surface area contributed by atoms with Gasteiger partial charge in [0.2, 0.25) is 0 Å². The molecule has 3 rings (SSSR count). The van der Waals surface area contributed by atoms with E-state index in [4.69, 9.17) is 9.47 Å². The van der Waals surface area contributed by atoms with Crippen LogP contribution < -0.4 is 4.74 Å². The quantitative estimate of drug-likeness (QED) is 0.602. The van der Waals surface area contributed by atoms with Crippen LogP contribution in [0.25, 0.3) is 11.3 Å². The second kappa shape index (κ2) is 11.2. The van der Waals surface area contributed by atoms with E-state index in [-0.39, 0.29) is 24.7 Å². The summed E-state index contributed by atoms with van der Waals surface area (Å²) in [6.07, 6.45) is 3.40. The minimum Gasteiger partial charge on any atom is -0.490 e. The molecule has 0 unspecified atom stereocenters. The Morgan fingerprint density at radius 3 is 2.64 bits per heavy atom. The van der Waals surface area contributed by atoms with E-state index in [1.165, 1.54) is 0 Å². The first-order valence-corrected chi connectivity index (χ1v) is 11.5. The molecule has 9 heteroatoms. The number of carboxylic acids is 1. The number of carbonyl (C=O) groups excluding carboxylic acids is 1. The summed E-state index contributed by atoms with van der Waals surface area (Å²) in [7, 11) is 3.50. The van der Waals surface area contributed by atoms with Crippen LogP contribution in [-0.2, 0) is 23.2 Å². The van der Waals surface area contributed by atoms with Gasteiger partial charge in [-0.15, -0.1) is 5.10 Å². The lowest BCUT2D eigenvalue weighted by Gasteiger charge is -2.27. The highest BCUT2D eigenvalue weighted by molar-refractivity contribution is 5.70. The molecular formula is C24H34N4O5. The molecule has 1 fully saturated rings. The summed E-state index contributed by atoms with van der Waals surface area (Å²) in [6.45, 7) is 4.94. The third-order valence-electron chi connectivity index (χ3n) is 6.03. The monoisotopic (exact) mass is 458 g/mol. The molecule has 180 valence electrons. The van der Waals surface area contributed by atoms with Crippen molar-refractivity contribution in [3.05, 3.63) is 30.0 Å². The van der Waals surface area contributed by atoms with Crippen LogP contribution in [0, 0.1) is 11.8 Å². The van der Waals surface area contributed by atoms with Crippen LogP contribution in [-0.4, -0.2) is 56.8 Å². The van der Waals surface area contributed by atoms with Crippen molar-refractivity contribution in [2.45, 2.75) is 58.7 Å². The van der Waals surface area contributed by atoms with Crippen molar-refractivity contribution in [3.63, 3.8) is 0 Å². The van der Waals surface area contributed by atoms with Crippen molar-refractivity contribution in [3.8, 4) is 17.0 Å². The maximum Gasteiger partial charge on any atom is 0.409 e. The van der Waals surface area contributed by atoms with Crippen LogP contribution in [0.1, 0.15) is 51.6 Å². The van der Waals surface area contributed by atoms with Crippen LogP contribution in [0.3, 0.4) is 0 Å². The van der Waals surface area contributed by atoms with Gasteiger partial charge in [-0.2, -0.15) is 0 Å². The number of benzene rings is 1. The topological polar surface area (TPSA) is 107 Å². The molecule has 1 aliphatic carbocycles. The van der Waals surface area contributed by atoms with Crippen LogP contribution in [0.15, 0.2) is 24.3 Å². The summed E-state index contributed by atoms with van der Waals surface area (Å²) in [6, 6.07) is 7.47. The molecule has 1 heterocycles. The third kappa shape index (κ3) is 6.69. The standard InChI is InChI=1S/C24H34N4O5/c1-16(2)12-13-27(3)24(31)32-15-21-22(25-26-28(21)4)17-8-10-19(11-9-17)33-20-7-5-6-18(14-20)23(29)30/h8-11,16,18,20H,5-7,12-15H2,1-4H3,(H,29,30)/t18-,20-/m0/s1. The number of amides is 1. The largest absolute Gasteiger partial charge is 0.490 e. The Hall–Kier alpha value is -3.10. The Kier molecular flexibility index (Phi) is 8.30. The lowest BCUT2D eigenvalue weighted by molar-refractivity contribution is -0.143. The van der Waals surface area contributed by atoms with Crippen molar-refractivity contribution >= 4 is 12.1 Å². The SMILES string of the molecule is CC(C)CCN(C)C(=O)OCc1c(-c2ccc(O[C@H]3CCC[C@H](C(=O)O)C3)cc2)nnn1C. The maximum absolute atomic E-state index is 12.3. The molecule has 0 spiro atoms. The van der Waals surface area contributed by atoms with Crippen molar-refractivity contribution in [2.24, 2.45) is 18.9 Å². The predicted octanol–water partition coefficient (Wildman–Crippen LogP) is 4.12. The van der Waals surface area contributed by atoms with Crippen LogP contribution in [0.5, 0.6) is 5.75 Å². The number of rotatable bonds is 9. The Labute approximate surface area is 194 Å². The van der Waals surface area contributed by atoms with Crippen LogP contribution in [0.4, 0.5) is 4.79 Å². The predicted molar refractivity (Wildman–Crippen MR) is 123 cm³/mol. The summed E-state index contributed by atoms with van der Waals surface area (Å²) >= 11 is 0. The normalized spacial score (nSPS) is 18.2. The first-order chi connectivity index (χ1) is 15.7.